The zero-order valence-corrected chi connectivity index (χ0v) is 15.1. The molecule has 1 aromatic carbocycles. The fourth-order valence-corrected chi connectivity index (χ4v) is 3.21. The summed E-state index contributed by atoms with van der Waals surface area (Å²) in [6.07, 6.45) is 5.40. The molecular weight excluding hydrogens is 352 g/mol. The van der Waals surface area contributed by atoms with Crippen LogP contribution in [0.25, 0.3) is 16.7 Å². The first-order chi connectivity index (χ1) is 13.6. The SMILES string of the molecule is Nc1cccc(-n2c(=O)c(CCC(=O)c3ccncc3)cc3cccnc32)c1. The molecule has 0 spiro atoms. The topological polar surface area (TPSA) is 90.9 Å². The number of pyridine rings is 3. The van der Waals surface area contributed by atoms with Crippen LogP contribution in [-0.4, -0.2) is 20.3 Å². The number of hydrogen-bond acceptors (Lipinski definition) is 5. The highest BCUT2D eigenvalue weighted by molar-refractivity contribution is 5.96. The summed E-state index contributed by atoms with van der Waals surface area (Å²) in [6, 6.07) is 16.0. The van der Waals surface area contributed by atoms with Crippen molar-refractivity contribution in [3.8, 4) is 5.69 Å². The van der Waals surface area contributed by atoms with Crippen molar-refractivity contribution in [1.82, 2.24) is 14.5 Å². The molecule has 3 aromatic heterocycles. The molecule has 0 aliphatic heterocycles. The van der Waals surface area contributed by atoms with E-state index < -0.39 is 0 Å². The predicted octanol–water partition coefficient (Wildman–Crippen LogP) is 3.18. The van der Waals surface area contributed by atoms with Gasteiger partial charge in [0.25, 0.3) is 5.56 Å². The van der Waals surface area contributed by atoms with Crippen molar-refractivity contribution in [2.45, 2.75) is 12.8 Å². The van der Waals surface area contributed by atoms with Crippen molar-refractivity contribution in [3.63, 3.8) is 0 Å². The van der Waals surface area contributed by atoms with Gasteiger partial charge in [-0.15, -0.1) is 0 Å². The highest BCUT2D eigenvalue weighted by Crippen LogP contribution is 2.18. The first-order valence-corrected chi connectivity index (χ1v) is 8.92. The van der Waals surface area contributed by atoms with E-state index in [0.29, 0.717) is 34.6 Å². The Morgan fingerprint density at radius 2 is 1.82 bits per heavy atom. The van der Waals surface area contributed by atoms with Crippen LogP contribution in [0.3, 0.4) is 0 Å². The van der Waals surface area contributed by atoms with Crippen LogP contribution in [0, 0.1) is 0 Å². The molecule has 6 heteroatoms. The Labute approximate surface area is 161 Å². The summed E-state index contributed by atoms with van der Waals surface area (Å²) in [5.41, 5.74) is 8.63. The highest BCUT2D eigenvalue weighted by Gasteiger charge is 2.14. The summed E-state index contributed by atoms with van der Waals surface area (Å²) in [7, 11) is 0. The first kappa shape index (κ1) is 17.6. The van der Waals surface area contributed by atoms with Crippen molar-refractivity contribution in [3.05, 3.63) is 94.7 Å². The number of aryl methyl sites for hydroxylation is 1. The van der Waals surface area contributed by atoms with Crippen molar-refractivity contribution < 1.29 is 4.79 Å². The Morgan fingerprint density at radius 1 is 1.00 bits per heavy atom. The Balaban J connectivity index is 1.76. The molecule has 4 aromatic rings. The fourth-order valence-electron chi connectivity index (χ4n) is 3.21. The zero-order chi connectivity index (χ0) is 19.5. The monoisotopic (exact) mass is 370 g/mol. The van der Waals surface area contributed by atoms with Gasteiger partial charge in [-0.25, -0.2) is 4.98 Å². The van der Waals surface area contributed by atoms with E-state index in [-0.39, 0.29) is 17.8 Å². The van der Waals surface area contributed by atoms with E-state index >= 15 is 0 Å². The molecule has 0 aliphatic carbocycles. The number of fused-ring (bicyclic) bond motifs is 1. The third-order valence-corrected chi connectivity index (χ3v) is 4.59. The van der Waals surface area contributed by atoms with Gasteiger partial charge in [0.15, 0.2) is 5.78 Å². The van der Waals surface area contributed by atoms with Gasteiger partial charge in [-0.3, -0.25) is 19.1 Å². The lowest BCUT2D eigenvalue weighted by Crippen LogP contribution is -2.24. The molecule has 0 saturated carbocycles. The van der Waals surface area contributed by atoms with Crippen LogP contribution in [0.4, 0.5) is 5.69 Å². The lowest BCUT2D eigenvalue weighted by atomic mass is 10.0. The van der Waals surface area contributed by atoms with Crippen LogP contribution in [-0.2, 0) is 6.42 Å². The van der Waals surface area contributed by atoms with Crippen molar-refractivity contribution in [2.75, 3.05) is 5.73 Å². The van der Waals surface area contributed by atoms with Crippen LogP contribution in [0.1, 0.15) is 22.3 Å². The molecule has 0 aliphatic rings. The number of nitrogens with zero attached hydrogens (tertiary/aromatic N) is 3. The van der Waals surface area contributed by atoms with E-state index in [0.717, 1.165) is 5.39 Å². The van der Waals surface area contributed by atoms with Crippen molar-refractivity contribution >= 4 is 22.5 Å². The molecule has 0 fully saturated rings. The Morgan fingerprint density at radius 3 is 2.61 bits per heavy atom. The van der Waals surface area contributed by atoms with Crippen LogP contribution in [0.15, 0.2) is 78.0 Å². The van der Waals surface area contributed by atoms with Crippen LogP contribution >= 0.6 is 0 Å². The average Bonchev–Trinajstić information content (AvgIpc) is 2.72. The summed E-state index contributed by atoms with van der Waals surface area (Å²) in [6.45, 7) is 0. The first-order valence-electron chi connectivity index (χ1n) is 8.92. The number of nitrogens with two attached hydrogens (primary N) is 1. The summed E-state index contributed by atoms with van der Waals surface area (Å²) in [5, 5.41) is 0.830. The fraction of sp³-hybridized carbons (Fsp3) is 0.0909. The molecule has 0 radical (unpaired) electrons. The largest absolute Gasteiger partial charge is 0.399 e. The van der Waals surface area contributed by atoms with Crippen molar-refractivity contribution in [1.29, 1.82) is 0 Å². The van der Waals surface area contributed by atoms with Gasteiger partial charge < -0.3 is 5.73 Å². The van der Waals surface area contributed by atoms with Gasteiger partial charge in [-0.05, 0) is 55.0 Å². The molecule has 4 rings (SSSR count). The summed E-state index contributed by atoms with van der Waals surface area (Å²) < 4.78 is 1.55. The van der Waals surface area contributed by atoms with E-state index in [1.807, 2.05) is 24.3 Å². The van der Waals surface area contributed by atoms with Gasteiger partial charge in [-0.1, -0.05) is 6.07 Å². The molecule has 28 heavy (non-hydrogen) atoms. The molecule has 0 amide bonds. The Hall–Kier alpha value is -3.80. The third kappa shape index (κ3) is 3.40. The number of anilines is 1. The zero-order valence-electron chi connectivity index (χ0n) is 15.1. The molecule has 138 valence electrons. The second-order valence-corrected chi connectivity index (χ2v) is 6.48. The second kappa shape index (κ2) is 7.44. The molecule has 0 atom stereocenters. The normalized spacial score (nSPS) is 10.9. The van der Waals surface area contributed by atoms with Crippen LogP contribution < -0.4 is 11.3 Å². The van der Waals surface area contributed by atoms with E-state index in [4.69, 9.17) is 5.73 Å². The minimum absolute atomic E-state index is 0.0245. The molecule has 2 N–H and O–H groups in total. The number of aromatic nitrogens is 3. The number of carbonyl (C=O) groups is 1. The maximum Gasteiger partial charge on any atom is 0.260 e. The highest BCUT2D eigenvalue weighted by atomic mass is 16.1. The van der Waals surface area contributed by atoms with Crippen LogP contribution in [0.5, 0.6) is 0 Å². The van der Waals surface area contributed by atoms with Gasteiger partial charge in [0.1, 0.15) is 5.65 Å². The smallest absolute Gasteiger partial charge is 0.260 e. The molecule has 6 nitrogen and oxygen atoms in total. The van der Waals surface area contributed by atoms with Gasteiger partial charge in [-0.2, -0.15) is 0 Å². The molecule has 3 heterocycles. The Kier molecular flexibility index (Phi) is 4.68. The van der Waals surface area contributed by atoms with Gasteiger partial charge in [0.05, 0.1) is 5.69 Å². The summed E-state index contributed by atoms with van der Waals surface area (Å²) in [4.78, 5) is 33.9. The quantitative estimate of drug-likeness (QED) is 0.430. The summed E-state index contributed by atoms with van der Waals surface area (Å²) in [5.74, 6) is -0.0245. The lowest BCUT2D eigenvalue weighted by molar-refractivity contribution is 0.0982. The number of ketones is 1. The van der Waals surface area contributed by atoms with E-state index in [9.17, 15) is 9.59 Å². The van der Waals surface area contributed by atoms with Gasteiger partial charge in [0, 0.05) is 47.2 Å². The van der Waals surface area contributed by atoms with Crippen molar-refractivity contribution in [2.24, 2.45) is 0 Å². The summed E-state index contributed by atoms with van der Waals surface area (Å²) >= 11 is 0. The van der Waals surface area contributed by atoms with Gasteiger partial charge >= 0.3 is 0 Å². The number of benzene rings is 1. The standard InChI is InChI=1S/C22H18N4O2/c23-18-4-1-5-19(14-18)26-21-16(3-2-10-25-21)13-17(22(26)28)6-7-20(27)15-8-11-24-12-9-15/h1-5,8-14H,6-7,23H2. The number of carbonyl (C=O) groups excluding carboxylic acids is 1. The average molecular weight is 370 g/mol. The lowest BCUT2D eigenvalue weighted by Gasteiger charge is -2.12. The second-order valence-electron chi connectivity index (χ2n) is 6.48. The molecule has 0 unspecified atom stereocenters. The van der Waals surface area contributed by atoms with E-state index in [1.54, 1.807) is 53.5 Å². The Bertz CT molecular complexity index is 1220. The number of hydrogen-bond donors (Lipinski definition) is 1. The number of nitrogen functional groups attached to an aromatic ring is 1. The minimum atomic E-state index is -0.195. The molecule has 0 saturated heterocycles. The minimum Gasteiger partial charge on any atom is -0.399 e. The maximum absolute atomic E-state index is 13.2. The predicted molar refractivity (Wildman–Crippen MR) is 109 cm³/mol. The van der Waals surface area contributed by atoms with E-state index in [1.165, 1.54) is 0 Å². The molecular formula is C22H18N4O2. The third-order valence-electron chi connectivity index (χ3n) is 4.59. The van der Waals surface area contributed by atoms with Gasteiger partial charge in [0.2, 0.25) is 0 Å². The molecule has 0 bridgehead atoms. The van der Waals surface area contributed by atoms with Crippen LogP contribution in [0.2, 0.25) is 0 Å². The van der Waals surface area contributed by atoms with E-state index in [2.05, 4.69) is 9.97 Å². The number of rotatable bonds is 5. The number of Topliss-reactive ketones (excluding diaryl/α,β-unsaturated/α-hetero) is 1. The maximum atomic E-state index is 13.2.